The van der Waals surface area contributed by atoms with Gasteiger partial charge in [0.05, 0.1) is 11.6 Å². The molecule has 0 bridgehead atoms. The van der Waals surface area contributed by atoms with Gasteiger partial charge in [0.15, 0.2) is 0 Å². The molecule has 8 heteroatoms. The molecule has 0 unspecified atom stereocenters. The van der Waals surface area contributed by atoms with Gasteiger partial charge in [-0.3, -0.25) is 4.79 Å². The van der Waals surface area contributed by atoms with Crippen molar-refractivity contribution in [3.05, 3.63) is 39.7 Å². The molecule has 0 aliphatic carbocycles. The van der Waals surface area contributed by atoms with E-state index in [4.69, 9.17) is 9.15 Å². The number of carbonyl (C=O) groups excluding carboxylic acids is 2. The minimum atomic E-state index is -0.486. The summed E-state index contributed by atoms with van der Waals surface area (Å²) in [5.74, 6) is 1.59. The molecule has 3 rings (SSSR count). The van der Waals surface area contributed by atoms with Crippen LogP contribution >= 0.6 is 11.3 Å². The van der Waals surface area contributed by atoms with Crippen molar-refractivity contribution in [3.8, 4) is 0 Å². The fourth-order valence-corrected chi connectivity index (χ4v) is 4.02. The topological polar surface area (TPSA) is 84.7 Å². The average Bonchev–Trinajstić information content (AvgIpc) is 3.27. The number of likely N-dealkylation sites (tertiary alicyclic amines) is 1. The van der Waals surface area contributed by atoms with Gasteiger partial charge < -0.3 is 19.4 Å². The molecule has 7 nitrogen and oxygen atoms in total. The maximum absolute atomic E-state index is 12.3. The quantitative estimate of drug-likeness (QED) is 0.828. The third kappa shape index (κ3) is 5.34. The summed E-state index contributed by atoms with van der Waals surface area (Å²) in [6.45, 7) is 9.09. The minimum Gasteiger partial charge on any atom is -0.465 e. The molecule has 0 aromatic carbocycles. The first kappa shape index (κ1) is 20.4. The van der Waals surface area contributed by atoms with Crippen LogP contribution < -0.4 is 5.32 Å². The molecular weight excluding hydrogens is 378 g/mol. The summed E-state index contributed by atoms with van der Waals surface area (Å²) in [5.41, 5.74) is -0.0577. The molecule has 0 saturated carbocycles. The summed E-state index contributed by atoms with van der Waals surface area (Å²) in [5, 5.41) is 5.57. The van der Waals surface area contributed by atoms with E-state index in [0.717, 1.165) is 29.4 Å². The van der Waals surface area contributed by atoms with Crippen LogP contribution in [0.4, 0.5) is 4.79 Å². The molecule has 1 saturated heterocycles. The van der Waals surface area contributed by atoms with E-state index in [2.05, 4.69) is 10.3 Å². The third-order valence-electron chi connectivity index (χ3n) is 4.47. The number of ether oxygens (including phenoxy) is 1. The standard InChI is InChI=1S/C20H27N3O4S/c1-13-5-6-15(26-13)11-21-17(24)16-12-28-18(22-16)14-7-9-23(10-8-14)19(25)27-20(2,3)4/h5-6,12,14H,7-11H2,1-4H3,(H,21,24). The Morgan fingerprint density at radius 1 is 1.32 bits per heavy atom. The van der Waals surface area contributed by atoms with Crippen LogP contribution in [-0.4, -0.2) is 40.6 Å². The number of nitrogens with one attached hydrogen (secondary N) is 1. The van der Waals surface area contributed by atoms with Crippen molar-refractivity contribution < 1.29 is 18.7 Å². The van der Waals surface area contributed by atoms with Gasteiger partial charge in [0.2, 0.25) is 0 Å². The van der Waals surface area contributed by atoms with Crippen LogP contribution in [0.1, 0.15) is 66.5 Å². The normalized spacial score (nSPS) is 15.5. The lowest BCUT2D eigenvalue weighted by atomic mass is 9.98. The molecule has 0 radical (unpaired) electrons. The van der Waals surface area contributed by atoms with Gasteiger partial charge in [0.1, 0.15) is 22.8 Å². The van der Waals surface area contributed by atoms with Gasteiger partial charge in [-0.1, -0.05) is 0 Å². The number of nitrogens with zero attached hydrogens (tertiary/aromatic N) is 2. The lowest BCUT2D eigenvalue weighted by Crippen LogP contribution is -2.41. The highest BCUT2D eigenvalue weighted by Gasteiger charge is 2.29. The first-order valence-electron chi connectivity index (χ1n) is 9.48. The molecule has 1 aliphatic heterocycles. The van der Waals surface area contributed by atoms with Crippen LogP contribution in [0, 0.1) is 6.92 Å². The number of furan rings is 1. The predicted molar refractivity (Wildman–Crippen MR) is 107 cm³/mol. The number of carbonyl (C=O) groups is 2. The molecule has 1 N–H and O–H groups in total. The van der Waals surface area contributed by atoms with Gasteiger partial charge in [0.25, 0.3) is 5.91 Å². The third-order valence-corrected chi connectivity index (χ3v) is 5.48. The molecule has 1 aliphatic rings. The van der Waals surface area contributed by atoms with Crippen molar-refractivity contribution in [1.82, 2.24) is 15.2 Å². The van der Waals surface area contributed by atoms with Crippen LogP contribution in [0.25, 0.3) is 0 Å². The van der Waals surface area contributed by atoms with E-state index in [1.807, 2.05) is 39.8 Å². The Labute approximate surface area is 169 Å². The largest absolute Gasteiger partial charge is 0.465 e. The number of amides is 2. The number of hydrogen-bond donors (Lipinski definition) is 1. The molecular formula is C20H27N3O4S. The molecule has 0 atom stereocenters. The Bertz CT molecular complexity index is 829. The molecule has 28 heavy (non-hydrogen) atoms. The summed E-state index contributed by atoms with van der Waals surface area (Å²) in [4.78, 5) is 30.8. The lowest BCUT2D eigenvalue weighted by molar-refractivity contribution is 0.0204. The second kappa shape index (κ2) is 8.34. The summed E-state index contributed by atoms with van der Waals surface area (Å²) in [6, 6.07) is 3.71. The number of aromatic nitrogens is 1. The predicted octanol–water partition coefficient (Wildman–Crippen LogP) is 4.09. The molecule has 152 valence electrons. The summed E-state index contributed by atoms with van der Waals surface area (Å²) >= 11 is 1.50. The van der Waals surface area contributed by atoms with Crippen molar-refractivity contribution in [1.29, 1.82) is 0 Å². The van der Waals surface area contributed by atoms with E-state index in [1.54, 1.807) is 10.3 Å². The molecule has 3 heterocycles. The highest BCUT2D eigenvalue weighted by Crippen LogP contribution is 2.31. The summed E-state index contributed by atoms with van der Waals surface area (Å²) in [7, 11) is 0. The highest BCUT2D eigenvalue weighted by molar-refractivity contribution is 7.09. The van der Waals surface area contributed by atoms with Crippen molar-refractivity contribution >= 4 is 23.3 Å². The molecule has 0 spiro atoms. The summed E-state index contributed by atoms with van der Waals surface area (Å²) in [6.07, 6.45) is 1.37. The van der Waals surface area contributed by atoms with Gasteiger partial charge in [-0.15, -0.1) is 11.3 Å². The number of thiazole rings is 1. The number of aryl methyl sites for hydroxylation is 1. The van der Waals surface area contributed by atoms with Crippen molar-refractivity contribution in [2.75, 3.05) is 13.1 Å². The van der Waals surface area contributed by atoms with Crippen molar-refractivity contribution in [2.24, 2.45) is 0 Å². The van der Waals surface area contributed by atoms with E-state index in [1.165, 1.54) is 11.3 Å². The van der Waals surface area contributed by atoms with Crippen LogP contribution in [0.5, 0.6) is 0 Å². The van der Waals surface area contributed by atoms with E-state index in [0.29, 0.717) is 25.3 Å². The smallest absolute Gasteiger partial charge is 0.410 e. The van der Waals surface area contributed by atoms with Crippen LogP contribution in [-0.2, 0) is 11.3 Å². The first-order valence-corrected chi connectivity index (χ1v) is 10.4. The fourth-order valence-electron chi connectivity index (χ4n) is 3.05. The Morgan fingerprint density at radius 2 is 2.04 bits per heavy atom. The van der Waals surface area contributed by atoms with Crippen molar-refractivity contribution in [2.45, 2.75) is 58.6 Å². The first-order chi connectivity index (χ1) is 13.2. The zero-order valence-corrected chi connectivity index (χ0v) is 17.6. The minimum absolute atomic E-state index is 0.206. The Morgan fingerprint density at radius 3 is 2.64 bits per heavy atom. The maximum Gasteiger partial charge on any atom is 0.410 e. The van der Waals surface area contributed by atoms with Gasteiger partial charge in [0, 0.05) is 24.4 Å². The lowest BCUT2D eigenvalue weighted by Gasteiger charge is -2.32. The molecule has 2 aromatic rings. The van der Waals surface area contributed by atoms with Crippen molar-refractivity contribution in [3.63, 3.8) is 0 Å². The molecule has 1 fully saturated rings. The van der Waals surface area contributed by atoms with E-state index >= 15 is 0 Å². The SMILES string of the molecule is Cc1ccc(CNC(=O)c2csc(C3CCN(C(=O)OC(C)(C)C)CC3)n2)o1. The van der Waals surface area contributed by atoms with Gasteiger partial charge in [-0.25, -0.2) is 9.78 Å². The zero-order chi connectivity index (χ0) is 20.3. The second-order valence-electron chi connectivity index (χ2n) is 8.01. The average molecular weight is 406 g/mol. The Kier molecular flexibility index (Phi) is 6.07. The van der Waals surface area contributed by atoms with Gasteiger partial charge in [-0.2, -0.15) is 0 Å². The van der Waals surface area contributed by atoms with Gasteiger partial charge in [-0.05, 0) is 52.7 Å². The van der Waals surface area contributed by atoms with E-state index in [-0.39, 0.29) is 17.9 Å². The summed E-state index contributed by atoms with van der Waals surface area (Å²) < 4.78 is 10.9. The maximum atomic E-state index is 12.3. The Hall–Kier alpha value is -2.35. The monoisotopic (exact) mass is 405 g/mol. The highest BCUT2D eigenvalue weighted by atomic mass is 32.1. The fraction of sp³-hybridized carbons (Fsp3) is 0.550. The van der Waals surface area contributed by atoms with Crippen LogP contribution in [0.3, 0.4) is 0 Å². The van der Waals surface area contributed by atoms with E-state index in [9.17, 15) is 9.59 Å². The van der Waals surface area contributed by atoms with E-state index < -0.39 is 5.60 Å². The Balaban J connectivity index is 1.50. The molecule has 2 amide bonds. The second-order valence-corrected chi connectivity index (χ2v) is 8.90. The molecule has 2 aromatic heterocycles. The van der Waals surface area contributed by atoms with Gasteiger partial charge >= 0.3 is 6.09 Å². The van der Waals surface area contributed by atoms with Crippen LogP contribution in [0.2, 0.25) is 0 Å². The number of piperidine rings is 1. The number of hydrogen-bond acceptors (Lipinski definition) is 6. The zero-order valence-electron chi connectivity index (χ0n) is 16.8. The number of rotatable bonds is 4. The van der Waals surface area contributed by atoms with Crippen LogP contribution in [0.15, 0.2) is 21.9 Å².